The lowest BCUT2D eigenvalue weighted by molar-refractivity contribution is -0.126. The second-order valence-corrected chi connectivity index (χ2v) is 7.14. The highest BCUT2D eigenvalue weighted by atomic mass is 16.1. The molecule has 1 aliphatic carbocycles. The van der Waals surface area contributed by atoms with E-state index >= 15 is 0 Å². The molecule has 2 rings (SSSR count). The van der Waals surface area contributed by atoms with Gasteiger partial charge in [0.15, 0.2) is 0 Å². The van der Waals surface area contributed by atoms with Gasteiger partial charge in [-0.25, -0.2) is 0 Å². The van der Waals surface area contributed by atoms with Crippen molar-refractivity contribution in [3.8, 4) is 0 Å². The lowest BCUT2D eigenvalue weighted by Gasteiger charge is -2.35. The average molecular weight is 265 g/mol. The number of likely N-dealkylation sites (tertiary alicyclic amines) is 1. The van der Waals surface area contributed by atoms with Crippen LogP contribution in [0, 0.1) is 17.8 Å². The maximum atomic E-state index is 12.2. The quantitative estimate of drug-likeness (QED) is 0.771. The number of hydrogen-bond donors (Lipinski definition) is 0. The average Bonchev–Trinajstić information content (AvgIpc) is 2.57. The summed E-state index contributed by atoms with van der Waals surface area (Å²) in [4.78, 5) is 14.8. The van der Waals surface area contributed by atoms with Crippen LogP contribution in [0.15, 0.2) is 0 Å². The Kier molecular flexibility index (Phi) is 5.44. The predicted molar refractivity (Wildman–Crippen MR) is 80.2 cm³/mol. The molecule has 0 bridgehead atoms. The summed E-state index contributed by atoms with van der Waals surface area (Å²) in [5, 5.41) is 0. The largest absolute Gasteiger partial charge is 0.300 e. The minimum absolute atomic E-state index is 0.321. The summed E-state index contributed by atoms with van der Waals surface area (Å²) < 4.78 is 0. The molecule has 1 saturated carbocycles. The summed E-state index contributed by atoms with van der Waals surface area (Å²) in [6.45, 7) is 9.21. The summed E-state index contributed by atoms with van der Waals surface area (Å²) in [7, 11) is 0. The van der Waals surface area contributed by atoms with Gasteiger partial charge in [-0.3, -0.25) is 9.69 Å². The van der Waals surface area contributed by atoms with Crippen LogP contribution in [0.4, 0.5) is 0 Å². The molecule has 0 aromatic heterocycles. The van der Waals surface area contributed by atoms with Crippen LogP contribution in [0.5, 0.6) is 0 Å². The zero-order valence-electron chi connectivity index (χ0n) is 13.0. The molecule has 1 aliphatic heterocycles. The van der Waals surface area contributed by atoms with E-state index in [1.165, 1.54) is 32.2 Å². The van der Waals surface area contributed by atoms with Crippen LogP contribution in [-0.4, -0.2) is 29.8 Å². The van der Waals surface area contributed by atoms with E-state index < -0.39 is 0 Å². The van der Waals surface area contributed by atoms with Gasteiger partial charge in [0.25, 0.3) is 0 Å². The van der Waals surface area contributed by atoms with E-state index in [1.807, 2.05) is 0 Å². The van der Waals surface area contributed by atoms with Crippen LogP contribution < -0.4 is 0 Å². The van der Waals surface area contributed by atoms with E-state index in [4.69, 9.17) is 0 Å². The van der Waals surface area contributed by atoms with Crippen molar-refractivity contribution in [3.05, 3.63) is 0 Å². The molecule has 0 amide bonds. The highest BCUT2D eigenvalue weighted by Gasteiger charge is 2.32. The molecule has 0 radical (unpaired) electrons. The molecule has 0 spiro atoms. The zero-order chi connectivity index (χ0) is 13.8. The second kappa shape index (κ2) is 6.88. The normalized spacial score (nSPS) is 34.5. The van der Waals surface area contributed by atoms with Crippen molar-refractivity contribution in [1.29, 1.82) is 0 Å². The highest BCUT2D eigenvalue weighted by Crippen LogP contribution is 2.33. The fourth-order valence-corrected chi connectivity index (χ4v) is 3.82. The molecule has 2 nitrogen and oxygen atoms in total. The molecule has 2 fully saturated rings. The summed E-state index contributed by atoms with van der Waals surface area (Å²) in [6, 6.07) is 0.676. The molecule has 0 aromatic rings. The van der Waals surface area contributed by atoms with E-state index in [0.29, 0.717) is 17.7 Å². The molecule has 3 unspecified atom stereocenters. The molecule has 3 atom stereocenters. The van der Waals surface area contributed by atoms with Gasteiger partial charge in [0.05, 0.1) is 0 Å². The first-order valence-electron chi connectivity index (χ1n) is 8.34. The van der Waals surface area contributed by atoms with Crippen LogP contribution in [0.1, 0.15) is 65.7 Å². The molecular weight excluding hydrogens is 234 g/mol. The van der Waals surface area contributed by atoms with Crippen LogP contribution in [0.25, 0.3) is 0 Å². The highest BCUT2D eigenvalue weighted by molar-refractivity contribution is 5.82. The first-order valence-corrected chi connectivity index (χ1v) is 8.34. The van der Waals surface area contributed by atoms with Crippen LogP contribution in [0.2, 0.25) is 0 Å². The topological polar surface area (TPSA) is 20.3 Å². The fourth-order valence-electron chi connectivity index (χ4n) is 3.82. The van der Waals surface area contributed by atoms with Crippen molar-refractivity contribution in [2.75, 3.05) is 13.1 Å². The van der Waals surface area contributed by atoms with Gasteiger partial charge in [0.2, 0.25) is 0 Å². The van der Waals surface area contributed by atoms with Crippen molar-refractivity contribution >= 4 is 5.78 Å². The Morgan fingerprint density at radius 3 is 2.74 bits per heavy atom. The van der Waals surface area contributed by atoms with Gasteiger partial charge >= 0.3 is 0 Å². The van der Waals surface area contributed by atoms with E-state index in [9.17, 15) is 4.79 Å². The number of carbonyl (C=O) groups is 1. The lowest BCUT2D eigenvalue weighted by atomic mass is 9.75. The Morgan fingerprint density at radius 2 is 2.00 bits per heavy atom. The first-order chi connectivity index (χ1) is 9.08. The standard InChI is InChI=1S/C17H31NO/c1-13(2)15-8-9-17(19)16(11-15)12-18-10-6-4-5-7-14(18)3/h13-16H,4-12H2,1-3H3. The van der Waals surface area contributed by atoms with Crippen LogP contribution >= 0.6 is 0 Å². The van der Waals surface area contributed by atoms with Crippen molar-refractivity contribution in [3.63, 3.8) is 0 Å². The summed E-state index contributed by atoms with van der Waals surface area (Å²) in [5.74, 6) is 2.36. The number of carbonyl (C=O) groups excluding carboxylic acids is 1. The van der Waals surface area contributed by atoms with Gasteiger partial charge < -0.3 is 0 Å². The number of nitrogens with zero attached hydrogens (tertiary/aromatic N) is 1. The zero-order valence-corrected chi connectivity index (χ0v) is 13.0. The van der Waals surface area contributed by atoms with Crippen molar-refractivity contribution in [2.45, 2.75) is 71.8 Å². The predicted octanol–water partition coefficient (Wildman–Crippen LogP) is 3.89. The maximum absolute atomic E-state index is 12.2. The Labute approximate surface area is 118 Å². The molecule has 110 valence electrons. The van der Waals surface area contributed by atoms with E-state index in [1.54, 1.807) is 0 Å². The Balaban J connectivity index is 1.93. The molecule has 19 heavy (non-hydrogen) atoms. The van der Waals surface area contributed by atoms with Gasteiger partial charge in [0.1, 0.15) is 5.78 Å². The summed E-state index contributed by atoms with van der Waals surface area (Å²) >= 11 is 0. The third kappa shape index (κ3) is 4.05. The fraction of sp³-hybridized carbons (Fsp3) is 0.941. The minimum Gasteiger partial charge on any atom is -0.300 e. The molecule has 1 heterocycles. The molecular formula is C17H31NO. The number of hydrogen-bond acceptors (Lipinski definition) is 2. The third-order valence-corrected chi connectivity index (χ3v) is 5.39. The van der Waals surface area contributed by atoms with Gasteiger partial charge in [-0.15, -0.1) is 0 Å². The monoisotopic (exact) mass is 265 g/mol. The van der Waals surface area contributed by atoms with Gasteiger partial charge in [-0.1, -0.05) is 26.7 Å². The smallest absolute Gasteiger partial charge is 0.137 e. The first kappa shape index (κ1) is 15.0. The number of Topliss-reactive ketones (excluding diaryl/α,β-unsaturated/α-hetero) is 1. The van der Waals surface area contributed by atoms with Crippen molar-refractivity contribution < 1.29 is 4.79 Å². The van der Waals surface area contributed by atoms with Crippen LogP contribution in [0.3, 0.4) is 0 Å². The minimum atomic E-state index is 0.321. The summed E-state index contributed by atoms with van der Waals surface area (Å²) in [6.07, 6.45) is 8.46. The molecule has 1 saturated heterocycles. The Hall–Kier alpha value is -0.370. The second-order valence-electron chi connectivity index (χ2n) is 7.14. The molecule has 0 N–H and O–H groups in total. The van der Waals surface area contributed by atoms with E-state index in [2.05, 4.69) is 25.7 Å². The SMILES string of the molecule is CC(C)C1CCC(=O)C(CN2CCCCCC2C)C1. The lowest BCUT2D eigenvalue weighted by Crippen LogP contribution is -2.41. The Bertz CT molecular complexity index is 300. The van der Waals surface area contributed by atoms with Crippen LogP contribution in [-0.2, 0) is 4.79 Å². The maximum Gasteiger partial charge on any atom is 0.137 e. The van der Waals surface area contributed by atoms with Gasteiger partial charge in [-0.2, -0.15) is 0 Å². The van der Waals surface area contributed by atoms with E-state index in [0.717, 1.165) is 37.6 Å². The molecule has 0 aromatic carbocycles. The third-order valence-electron chi connectivity index (χ3n) is 5.39. The van der Waals surface area contributed by atoms with E-state index in [-0.39, 0.29) is 0 Å². The van der Waals surface area contributed by atoms with Crippen molar-refractivity contribution in [2.24, 2.45) is 17.8 Å². The summed E-state index contributed by atoms with van der Waals surface area (Å²) in [5.41, 5.74) is 0. The number of rotatable bonds is 3. The molecule has 2 heteroatoms. The molecule has 2 aliphatic rings. The van der Waals surface area contributed by atoms with Gasteiger partial charge in [-0.05, 0) is 51.0 Å². The van der Waals surface area contributed by atoms with Gasteiger partial charge in [0, 0.05) is 24.9 Å². The van der Waals surface area contributed by atoms with Crippen molar-refractivity contribution in [1.82, 2.24) is 4.90 Å². The number of ketones is 1. The Morgan fingerprint density at radius 1 is 1.21 bits per heavy atom.